The molecule has 0 aliphatic heterocycles. The van der Waals surface area contributed by atoms with Gasteiger partial charge >= 0.3 is 0 Å². The molecule has 2 aromatic heterocycles. The van der Waals surface area contributed by atoms with Crippen molar-refractivity contribution in [2.75, 3.05) is 14.2 Å². The van der Waals surface area contributed by atoms with E-state index in [0.717, 1.165) is 0 Å². The molecule has 0 saturated carbocycles. The second-order valence-electron chi connectivity index (χ2n) is 4.21. The van der Waals surface area contributed by atoms with E-state index in [4.69, 9.17) is 21.1 Å². The van der Waals surface area contributed by atoms with Crippen LogP contribution in [0.5, 0.6) is 5.75 Å². The second kappa shape index (κ2) is 6.78. The van der Waals surface area contributed by atoms with Crippen molar-refractivity contribution >= 4 is 11.6 Å². The molecule has 2 aromatic rings. The lowest BCUT2D eigenvalue weighted by molar-refractivity contribution is 0.146. The molecular formula is C14H13ClF2N2O2. The lowest BCUT2D eigenvalue weighted by atomic mass is 10.0. The van der Waals surface area contributed by atoms with Crippen molar-refractivity contribution in [2.24, 2.45) is 0 Å². The molecule has 7 heteroatoms. The van der Waals surface area contributed by atoms with Gasteiger partial charge in [-0.1, -0.05) is 11.6 Å². The smallest absolute Gasteiger partial charge is 0.280 e. The molecule has 0 aromatic carbocycles. The zero-order valence-electron chi connectivity index (χ0n) is 11.4. The van der Waals surface area contributed by atoms with E-state index in [1.54, 1.807) is 12.3 Å². The zero-order valence-corrected chi connectivity index (χ0v) is 12.2. The summed E-state index contributed by atoms with van der Waals surface area (Å²) >= 11 is 5.91. The Labute approximate surface area is 125 Å². The zero-order chi connectivity index (χ0) is 15.4. The van der Waals surface area contributed by atoms with Gasteiger partial charge in [-0.05, 0) is 17.7 Å². The number of rotatable bonds is 5. The Morgan fingerprint density at radius 2 is 1.90 bits per heavy atom. The Morgan fingerprint density at radius 3 is 2.52 bits per heavy atom. The number of pyridine rings is 2. The van der Waals surface area contributed by atoms with E-state index in [9.17, 15) is 8.78 Å². The van der Waals surface area contributed by atoms with Crippen molar-refractivity contribution in [1.82, 2.24) is 9.97 Å². The molecule has 0 spiro atoms. The van der Waals surface area contributed by atoms with Crippen LogP contribution in [0.15, 0.2) is 24.5 Å². The van der Waals surface area contributed by atoms with Gasteiger partial charge in [-0.2, -0.15) is 0 Å². The molecule has 0 unspecified atom stereocenters. The lowest BCUT2D eigenvalue weighted by Crippen LogP contribution is -1.99. The van der Waals surface area contributed by atoms with Gasteiger partial charge in [0.25, 0.3) is 6.43 Å². The van der Waals surface area contributed by atoms with Gasteiger partial charge in [0.1, 0.15) is 16.6 Å². The maximum Gasteiger partial charge on any atom is 0.280 e. The molecule has 21 heavy (non-hydrogen) atoms. The van der Waals surface area contributed by atoms with E-state index in [-0.39, 0.29) is 17.5 Å². The SMILES string of the molecule is COCc1cnc(Cl)cc1-c1cc(C(F)F)ncc1OC. The van der Waals surface area contributed by atoms with Crippen LogP contribution in [0.2, 0.25) is 5.15 Å². The summed E-state index contributed by atoms with van der Waals surface area (Å²) in [7, 11) is 2.98. The van der Waals surface area contributed by atoms with Crippen LogP contribution in [0, 0.1) is 0 Å². The number of nitrogens with zero attached hydrogens (tertiary/aromatic N) is 2. The van der Waals surface area contributed by atoms with Crippen LogP contribution >= 0.6 is 11.6 Å². The number of aromatic nitrogens is 2. The van der Waals surface area contributed by atoms with Gasteiger partial charge in [0.05, 0.1) is 19.9 Å². The summed E-state index contributed by atoms with van der Waals surface area (Å²) in [5, 5.41) is 0.252. The Kier molecular flexibility index (Phi) is 5.03. The summed E-state index contributed by atoms with van der Waals surface area (Å²) in [6.45, 7) is 0.273. The number of hydrogen-bond acceptors (Lipinski definition) is 4. The standard InChI is InChI=1S/C14H13ClF2N2O2/c1-20-7-8-5-19-13(15)4-9(8)10-3-11(14(16)17)18-6-12(10)21-2/h3-6,14H,7H2,1-2H3. The molecule has 0 N–H and O–H groups in total. The van der Waals surface area contributed by atoms with Crippen LogP contribution in [-0.2, 0) is 11.3 Å². The molecule has 112 valence electrons. The highest BCUT2D eigenvalue weighted by Crippen LogP contribution is 2.35. The Morgan fingerprint density at radius 1 is 1.14 bits per heavy atom. The summed E-state index contributed by atoms with van der Waals surface area (Å²) in [4.78, 5) is 7.66. The predicted octanol–water partition coefficient (Wildman–Crippen LogP) is 3.89. The van der Waals surface area contributed by atoms with E-state index < -0.39 is 6.43 Å². The highest BCUT2D eigenvalue weighted by atomic mass is 35.5. The maximum atomic E-state index is 12.9. The van der Waals surface area contributed by atoms with E-state index in [2.05, 4.69) is 9.97 Å². The molecule has 0 bridgehead atoms. The minimum Gasteiger partial charge on any atom is -0.494 e. The molecule has 2 rings (SSSR count). The molecule has 0 fully saturated rings. The van der Waals surface area contributed by atoms with Crippen molar-refractivity contribution in [3.05, 3.63) is 40.9 Å². The Balaban J connectivity index is 2.63. The predicted molar refractivity (Wildman–Crippen MR) is 74.7 cm³/mol. The first-order valence-electron chi connectivity index (χ1n) is 6.02. The second-order valence-corrected chi connectivity index (χ2v) is 4.59. The summed E-state index contributed by atoms with van der Waals surface area (Å²) in [5.74, 6) is 0.374. The van der Waals surface area contributed by atoms with Crippen LogP contribution in [0.1, 0.15) is 17.7 Å². The fourth-order valence-electron chi connectivity index (χ4n) is 1.93. The first-order chi connectivity index (χ1) is 10.1. The number of alkyl halides is 2. The molecule has 0 saturated heterocycles. The fourth-order valence-corrected chi connectivity index (χ4v) is 2.09. The van der Waals surface area contributed by atoms with Gasteiger partial charge in [0.2, 0.25) is 0 Å². The largest absolute Gasteiger partial charge is 0.494 e. The minimum atomic E-state index is -2.67. The number of halogens is 3. The van der Waals surface area contributed by atoms with Gasteiger partial charge in [0, 0.05) is 24.4 Å². The van der Waals surface area contributed by atoms with Crippen molar-refractivity contribution in [3.63, 3.8) is 0 Å². The number of hydrogen-bond donors (Lipinski definition) is 0. The normalized spacial score (nSPS) is 11.0. The Hall–Kier alpha value is -1.79. The van der Waals surface area contributed by atoms with Gasteiger partial charge in [-0.15, -0.1) is 0 Å². The fraction of sp³-hybridized carbons (Fsp3) is 0.286. The molecular weight excluding hydrogens is 302 g/mol. The molecule has 2 heterocycles. The van der Waals surface area contributed by atoms with E-state index >= 15 is 0 Å². The van der Waals surface area contributed by atoms with Crippen molar-refractivity contribution < 1.29 is 18.3 Å². The number of methoxy groups -OCH3 is 2. The number of ether oxygens (including phenoxy) is 2. The van der Waals surface area contributed by atoms with Crippen LogP contribution in [0.25, 0.3) is 11.1 Å². The lowest BCUT2D eigenvalue weighted by Gasteiger charge is -2.13. The minimum absolute atomic E-state index is 0.252. The molecule has 0 aliphatic carbocycles. The van der Waals surface area contributed by atoms with Gasteiger partial charge in [0.15, 0.2) is 0 Å². The summed E-state index contributed by atoms with van der Waals surface area (Å²) in [6.07, 6.45) is 0.142. The highest BCUT2D eigenvalue weighted by molar-refractivity contribution is 6.29. The average molecular weight is 315 g/mol. The molecule has 0 aliphatic rings. The first kappa shape index (κ1) is 15.6. The Bertz CT molecular complexity index is 638. The summed E-state index contributed by atoms with van der Waals surface area (Å²) < 4.78 is 36.0. The first-order valence-corrected chi connectivity index (χ1v) is 6.40. The summed E-state index contributed by atoms with van der Waals surface area (Å²) in [5.41, 5.74) is 1.48. The molecule has 4 nitrogen and oxygen atoms in total. The highest BCUT2D eigenvalue weighted by Gasteiger charge is 2.17. The van der Waals surface area contributed by atoms with Gasteiger partial charge in [-0.25, -0.2) is 13.8 Å². The third-order valence-corrected chi connectivity index (χ3v) is 3.08. The quantitative estimate of drug-likeness (QED) is 0.785. The van der Waals surface area contributed by atoms with Crippen LogP contribution < -0.4 is 4.74 Å². The molecule has 0 radical (unpaired) electrons. The van der Waals surface area contributed by atoms with Crippen molar-refractivity contribution in [1.29, 1.82) is 0 Å². The van der Waals surface area contributed by atoms with Gasteiger partial charge in [-0.3, -0.25) is 4.98 Å². The van der Waals surface area contributed by atoms with E-state index in [1.807, 2.05) is 0 Å². The van der Waals surface area contributed by atoms with E-state index in [0.29, 0.717) is 22.4 Å². The average Bonchev–Trinajstić information content (AvgIpc) is 2.48. The van der Waals surface area contributed by atoms with Crippen molar-refractivity contribution in [2.45, 2.75) is 13.0 Å². The van der Waals surface area contributed by atoms with Crippen LogP contribution in [-0.4, -0.2) is 24.2 Å². The molecule has 0 amide bonds. The van der Waals surface area contributed by atoms with Crippen LogP contribution in [0.4, 0.5) is 8.78 Å². The van der Waals surface area contributed by atoms with Crippen LogP contribution in [0.3, 0.4) is 0 Å². The molecule has 0 atom stereocenters. The van der Waals surface area contributed by atoms with E-state index in [1.165, 1.54) is 26.5 Å². The third kappa shape index (κ3) is 3.46. The maximum absolute atomic E-state index is 12.9. The monoisotopic (exact) mass is 314 g/mol. The van der Waals surface area contributed by atoms with Gasteiger partial charge < -0.3 is 9.47 Å². The topological polar surface area (TPSA) is 44.2 Å². The van der Waals surface area contributed by atoms with Crippen molar-refractivity contribution in [3.8, 4) is 16.9 Å². The summed E-state index contributed by atoms with van der Waals surface area (Å²) in [6, 6.07) is 2.87. The third-order valence-electron chi connectivity index (χ3n) is 2.88.